The zero-order valence-corrected chi connectivity index (χ0v) is 11.3. The molecule has 0 amide bonds. The van der Waals surface area contributed by atoms with Crippen molar-refractivity contribution in [2.75, 3.05) is 14.2 Å². The number of ether oxygens (including phenoxy) is 2. The van der Waals surface area contributed by atoms with E-state index in [0.29, 0.717) is 5.92 Å². The lowest BCUT2D eigenvalue weighted by molar-refractivity contribution is 0.317. The number of rotatable bonds is 6. The smallest absolute Gasteiger partial charge is 0.127 e. The minimum absolute atomic E-state index is 0.0589. The lowest BCUT2D eigenvalue weighted by atomic mass is 9.90. The van der Waals surface area contributed by atoms with E-state index in [1.807, 2.05) is 18.2 Å². The Balaban J connectivity index is 2.38. The number of hydrazine groups is 1. The predicted molar refractivity (Wildman–Crippen MR) is 71.5 cm³/mol. The van der Waals surface area contributed by atoms with E-state index in [1.54, 1.807) is 14.2 Å². The Bertz CT molecular complexity index is 383. The van der Waals surface area contributed by atoms with Crippen LogP contribution < -0.4 is 20.7 Å². The predicted octanol–water partition coefficient (Wildman–Crippen LogP) is 2.25. The zero-order valence-electron chi connectivity index (χ0n) is 11.3. The number of methoxy groups -OCH3 is 2. The van der Waals surface area contributed by atoms with Gasteiger partial charge in [0.05, 0.1) is 25.8 Å². The quantitative estimate of drug-likeness (QED) is 0.600. The Morgan fingerprint density at radius 3 is 2.17 bits per heavy atom. The number of hydrogen-bond acceptors (Lipinski definition) is 4. The minimum Gasteiger partial charge on any atom is -0.496 e. The number of nitrogens with two attached hydrogens (primary N) is 1. The van der Waals surface area contributed by atoms with Crippen molar-refractivity contribution in [1.82, 2.24) is 5.43 Å². The molecule has 0 bridgehead atoms. The van der Waals surface area contributed by atoms with E-state index in [0.717, 1.165) is 23.0 Å². The normalized spacial score (nSPS) is 18.2. The summed E-state index contributed by atoms with van der Waals surface area (Å²) in [5.41, 5.74) is 3.95. The zero-order chi connectivity index (χ0) is 13.1. The van der Waals surface area contributed by atoms with Gasteiger partial charge in [-0.3, -0.25) is 11.3 Å². The van der Waals surface area contributed by atoms with Gasteiger partial charge in [0.2, 0.25) is 0 Å². The first kappa shape index (κ1) is 13.2. The van der Waals surface area contributed by atoms with Crippen LogP contribution in [-0.2, 0) is 0 Å². The molecule has 4 nitrogen and oxygen atoms in total. The lowest BCUT2D eigenvalue weighted by Crippen LogP contribution is -2.34. The molecule has 0 aromatic heterocycles. The standard InChI is InChI=1S/C14H22N2O2/c1-9(10-7-8-10)14(16-15)13-11(17-2)5-4-6-12(13)18-3/h4-6,9-10,14,16H,7-8,15H2,1-3H3. The van der Waals surface area contributed by atoms with Gasteiger partial charge in [0.15, 0.2) is 0 Å². The van der Waals surface area contributed by atoms with Gasteiger partial charge in [-0.2, -0.15) is 0 Å². The van der Waals surface area contributed by atoms with Crippen LogP contribution in [0, 0.1) is 11.8 Å². The molecule has 1 aromatic carbocycles. The summed E-state index contributed by atoms with van der Waals surface area (Å²) in [6, 6.07) is 5.88. The third-order valence-electron chi connectivity index (χ3n) is 3.85. The first-order valence-corrected chi connectivity index (χ1v) is 6.40. The Morgan fingerprint density at radius 1 is 1.22 bits per heavy atom. The van der Waals surface area contributed by atoms with Crippen LogP contribution >= 0.6 is 0 Å². The average Bonchev–Trinajstić information content (AvgIpc) is 3.23. The molecule has 0 radical (unpaired) electrons. The summed E-state index contributed by atoms with van der Waals surface area (Å²) in [5, 5.41) is 0. The molecule has 2 unspecified atom stereocenters. The summed E-state index contributed by atoms with van der Waals surface area (Å²) < 4.78 is 10.9. The van der Waals surface area contributed by atoms with Crippen molar-refractivity contribution in [3.8, 4) is 11.5 Å². The molecule has 2 rings (SSSR count). The lowest BCUT2D eigenvalue weighted by Gasteiger charge is -2.26. The van der Waals surface area contributed by atoms with Crippen molar-refractivity contribution in [2.45, 2.75) is 25.8 Å². The largest absolute Gasteiger partial charge is 0.496 e. The van der Waals surface area contributed by atoms with E-state index in [4.69, 9.17) is 15.3 Å². The van der Waals surface area contributed by atoms with Crippen molar-refractivity contribution in [3.63, 3.8) is 0 Å². The van der Waals surface area contributed by atoms with Crippen LogP contribution in [0.2, 0.25) is 0 Å². The SMILES string of the molecule is COc1cccc(OC)c1C(NN)C(C)C1CC1. The summed E-state index contributed by atoms with van der Waals surface area (Å²) in [5.74, 6) is 8.63. The Hall–Kier alpha value is -1.26. The van der Waals surface area contributed by atoms with Gasteiger partial charge in [-0.05, 0) is 36.8 Å². The Kier molecular flexibility index (Phi) is 4.09. The molecule has 4 heteroatoms. The molecule has 0 spiro atoms. The highest BCUT2D eigenvalue weighted by Crippen LogP contribution is 2.46. The van der Waals surface area contributed by atoms with Crippen LogP contribution in [0.1, 0.15) is 31.4 Å². The second-order valence-electron chi connectivity index (χ2n) is 4.92. The fraction of sp³-hybridized carbons (Fsp3) is 0.571. The molecule has 18 heavy (non-hydrogen) atoms. The van der Waals surface area contributed by atoms with Crippen LogP contribution in [0.5, 0.6) is 11.5 Å². The molecule has 1 aliphatic carbocycles. The van der Waals surface area contributed by atoms with Crippen molar-refractivity contribution in [3.05, 3.63) is 23.8 Å². The van der Waals surface area contributed by atoms with Crippen LogP contribution in [0.4, 0.5) is 0 Å². The van der Waals surface area contributed by atoms with Gasteiger partial charge in [0.1, 0.15) is 11.5 Å². The van der Waals surface area contributed by atoms with Crippen molar-refractivity contribution in [2.24, 2.45) is 17.7 Å². The van der Waals surface area contributed by atoms with E-state index < -0.39 is 0 Å². The highest BCUT2D eigenvalue weighted by Gasteiger charge is 2.36. The second kappa shape index (κ2) is 5.59. The summed E-state index contributed by atoms with van der Waals surface area (Å²) in [7, 11) is 3.35. The molecule has 0 aliphatic heterocycles. The van der Waals surface area contributed by atoms with Gasteiger partial charge >= 0.3 is 0 Å². The molecule has 100 valence electrons. The molecular formula is C14H22N2O2. The van der Waals surface area contributed by atoms with Crippen molar-refractivity contribution >= 4 is 0 Å². The monoisotopic (exact) mass is 250 g/mol. The maximum absolute atomic E-state index is 5.76. The Morgan fingerprint density at radius 2 is 1.78 bits per heavy atom. The number of benzene rings is 1. The maximum atomic E-state index is 5.76. The third kappa shape index (κ3) is 2.44. The van der Waals surface area contributed by atoms with Gasteiger partial charge in [-0.1, -0.05) is 13.0 Å². The molecular weight excluding hydrogens is 228 g/mol. The van der Waals surface area contributed by atoms with Gasteiger partial charge in [-0.15, -0.1) is 0 Å². The first-order valence-electron chi connectivity index (χ1n) is 6.40. The maximum Gasteiger partial charge on any atom is 0.127 e. The van der Waals surface area contributed by atoms with E-state index in [-0.39, 0.29) is 6.04 Å². The van der Waals surface area contributed by atoms with Crippen LogP contribution in [0.3, 0.4) is 0 Å². The van der Waals surface area contributed by atoms with Crippen LogP contribution in [-0.4, -0.2) is 14.2 Å². The molecule has 1 aliphatic rings. The first-order chi connectivity index (χ1) is 8.72. The van der Waals surface area contributed by atoms with Gasteiger partial charge in [0, 0.05) is 0 Å². The molecule has 1 saturated carbocycles. The van der Waals surface area contributed by atoms with Crippen LogP contribution in [0.25, 0.3) is 0 Å². The molecule has 1 aromatic rings. The van der Waals surface area contributed by atoms with E-state index in [1.165, 1.54) is 12.8 Å². The summed E-state index contributed by atoms with van der Waals surface area (Å²) in [6.45, 7) is 2.23. The number of hydrogen-bond donors (Lipinski definition) is 2. The topological polar surface area (TPSA) is 56.5 Å². The third-order valence-corrected chi connectivity index (χ3v) is 3.85. The average molecular weight is 250 g/mol. The fourth-order valence-corrected chi connectivity index (χ4v) is 2.58. The number of nitrogens with one attached hydrogen (secondary N) is 1. The van der Waals surface area contributed by atoms with E-state index in [9.17, 15) is 0 Å². The minimum atomic E-state index is 0.0589. The van der Waals surface area contributed by atoms with Gasteiger partial charge in [0.25, 0.3) is 0 Å². The second-order valence-corrected chi connectivity index (χ2v) is 4.92. The van der Waals surface area contributed by atoms with E-state index in [2.05, 4.69) is 12.3 Å². The van der Waals surface area contributed by atoms with E-state index >= 15 is 0 Å². The fourth-order valence-electron chi connectivity index (χ4n) is 2.58. The van der Waals surface area contributed by atoms with Crippen LogP contribution in [0.15, 0.2) is 18.2 Å². The summed E-state index contributed by atoms with van der Waals surface area (Å²) in [4.78, 5) is 0. The molecule has 3 N–H and O–H groups in total. The van der Waals surface area contributed by atoms with Crippen molar-refractivity contribution in [1.29, 1.82) is 0 Å². The highest BCUT2D eigenvalue weighted by atomic mass is 16.5. The Labute approximate surface area is 108 Å². The molecule has 0 heterocycles. The summed E-state index contributed by atoms with van der Waals surface area (Å²) in [6.07, 6.45) is 2.58. The summed E-state index contributed by atoms with van der Waals surface area (Å²) >= 11 is 0. The molecule has 0 saturated heterocycles. The van der Waals surface area contributed by atoms with Gasteiger partial charge in [-0.25, -0.2) is 0 Å². The molecule has 1 fully saturated rings. The van der Waals surface area contributed by atoms with Crippen molar-refractivity contribution < 1.29 is 9.47 Å². The molecule has 2 atom stereocenters. The van der Waals surface area contributed by atoms with Gasteiger partial charge < -0.3 is 9.47 Å². The highest BCUT2D eigenvalue weighted by molar-refractivity contribution is 5.47.